The van der Waals surface area contributed by atoms with E-state index in [1.54, 1.807) is 24.3 Å². The van der Waals surface area contributed by atoms with E-state index < -0.39 is 0 Å². The minimum Gasteiger partial charge on any atom is -0.508 e. The quantitative estimate of drug-likeness (QED) is 0.803. The molecular formula is C20H26O2. The number of rotatable bonds is 5. The molecule has 0 unspecified atom stereocenters. The highest BCUT2D eigenvalue weighted by atomic mass is 16.3. The summed E-state index contributed by atoms with van der Waals surface area (Å²) in [5.41, 5.74) is 2.33. The summed E-state index contributed by atoms with van der Waals surface area (Å²) < 4.78 is 0. The molecule has 2 atom stereocenters. The van der Waals surface area contributed by atoms with Crippen LogP contribution in [-0.4, -0.2) is 10.2 Å². The van der Waals surface area contributed by atoms with Crippen LogP contribution in [0.1, 0.15) is 51.7 Å². The van der Waals surface area contributed by atoms with Crippen molar-refractivity contribution in [1.29, 1.82) is 0 Å². The Kier molecular flexibility index (Phi) is 4.50. The van der Waals surface area contributed by atoms with Crippen LogP contribution >= 0.6 is 0 Å². The van der Waals surface area contributed by atoms with E-state index in [0.717, 1.165) is 12.8 Å². The lowest BCUT2D eigenvalue weighted by atomic mass is 9.56. The molecule has 0 aliphatic heterocycles. The van der Waals surface area contributed by atoms with Crippen LogP contribution < -0.4 is 0 Å². The van der Waals surface area contributed by atoms with Gasteiger partial charge in [-0.05, 0) is 48.2 Å². The molecule has 0 aliphatic rings. The fraction of sp³-hybridized carbons (Fsp3) is 0.400. The SMILES string of the molecule is CC[C@@](C)(c1ccc(O)cc1)[C@](C)(CC)c1ccc(O)cc1. The Morgan fingerprint density at radius 2 is 0.909 bits per heavy atom. The number of hydrogen-bond acceptors (Lipinski definition) is 2. The minimum atomic E-state index is -0.0631. The Hall–Kier alpha value is -1.96. The van der Waals surface area contributed by atoms with Gasteiger partial charge in [0.2, 0.25) is 0 Å². The monoisotopic (exact) mass is 298 g/mol. The van der Waals surface area contributed by atoms with E-state index in [1.165, 1.54) is 11.1 Å². The van der Waals surface area contributed by atoms with Crippen molar-refractivity contribution in [2.45, 2.75) is 51.4 Å². The van der Waals surface area contributed by atoms with Gasteiger partial charge < -0.3 is 10.2 Å². The first-order chi connectivity index (χ1) is 10.4. The Morgan fingerprint density at radius 3 is 1.14 bits per heavy atom. The highest BCUT2D eigenvalue weighted by Crippen LogP contribution is 2.49. The average Bonchev–Trinajstić information content (AvgIpc) is 2.54. The summed E-state index contributed by atoms with van der Waals surface area (Å²) in [7, 11) is 0. The van der Waals surface area contributed by atoms with Crippen LogP contribution in [0.5, 0.6) is 11.5 Å². The molecule has 0 saturated heterocycles. The van der Waals surface area contributed by atoms with Gasteiger partial charge in [0, 0.05) is 10.8 Å². The highest BCUT2D eigenvalue weighted by Gasteiger charge is 2.44. The number of hydrogen-bond donors (Lipinski definition) is 2. The van der Waals surface area contributed by atoms with Gasteiger partial charge in [0.1, 0.15) is 11.5 Å². The molecule has 2 aromatic rings. The van der Waals surface area contributed by atoms with E-state index in [0.29, 0.717) is 11.5 Å². The largest absolute Gasteiger partial charge is 0.508 e. The lowest BCUT2D eigenvalue weighted by Crippen LogP contribution is -2.44. The number of phenolic OH excluding ortho intramolecular Hbond substituents is 2. The number of benzene rings is 2. The van der Waals surface area contributed by atoms with Crippen molar-refractivity contribution in [2.24, 2.45) is 0 Å². The zero-order chi connectivity index (χ0) is 16.4. The molecule has 2 aromatic carbocycles. The van der Waals surface area contributed by atoms with Crippen LogP contribution in [0.15, 0.2) is 48.5 Å². The van der Waals surface area contributed by atoms with E-state index in [9.17, 15) is 10.2 Å². The molecule has 0 amide bonds. The third kappa shape index (κ3) is 2.58. The third-order valence-electron chi connectivity index (χ3n) is 5.64. The first-order valence-electron chi connectivity index (χ1n) is 7.96. The second-order valence-electron chi connectivity index (χ2n) is 6.47. The molecule has 22 heavy (non-hydrogen) atoms. The van der Waals surface area contributed by atoms with E-state index in [4.69, 9.17) is 0 Å². The molecule has 2 N–H and O–H groups in total. The van der Waals surface area contributed by atoms with Crippen molar-refractivity contribution in [2.75, 3.05) is 0 Å². The van der Waals surface area contributed by atoms with Crippen LogP contribution in [0.25, 0.3) is 0 Å². The fourth-order valence-corrected chi connectivity index (χ4v) is 3.48. The van der Waals surface area contributed by atoms with E-state index in [2.05, 4.69) is 27.7 Å². The van der Waals surface area contributed by atoms with Crippen molar-refractivity contribution in [3.05, 3.63) is 59.7 Å². The zero-order valence-electron chi connectivity index (χ0n) is 13.9. The first kappa shape index (κ1) is 16.4. The summed E-state index contributed by atoms with van der Waals surface area (Å²) in [4.78, 5) is 0. The molecule has 2 rings (SSSR count). The van der Waals surface area contributed by atoms with Gasteiger partial charge in [0.25, 0.3) is 0 Å². The van der Waals surface area contributed by atoms with Gasteiger partial charge >= 0.3 is 0 Å². The van der Waals surface area contributed by atoms with Gasteiger partial charge in [0.05, 0.1) is 0 Å². The standard InChI is InChI=1S/C20H26O2/c1-5-19(3,15-7-11-17(21)12-8-15)20(4,6-2)16-9-13-18(22)14-10-16/h7-14,21-22H,5-6H2,1-4H3/t19-,20+. The summed E-state index contributed by atoms with van der Waals surface area (Å²) in [6, 6.07) is 15.1. The third-order valence-corrected chi connectivity index (χ3v) is 5.64. The summed E-state index contributed by atoms with van der Waals surface area (Å²) in [5, 5.41) is 19.1. The second kappa shape index (κ2) is 6.04. The Morgan fingerprint density at radius 1 is 0.636 bits per heavy atom. The van der Waals surface area contributed by atoms with Gasteiger partial charge in [0.15, 0.2) is 0 Å². The summed E-state index contributed by atoms with van der Waals surface area (Å²) in [6.07, 6.45) is 1.98. The van der Waals surface area contributed by atoms with E-state index in [1.807, 2.05) is 24.3 Å². The van der Waals surface area contributed by atoms with Crippen LogP contribution in [-0.2, 0) is 10.8 Å². The highest BCUT2D eigenvalue weighted by molar-refractivity contribution is 5.41. The molecule has 0 aromatic heterocycles. The minimum absolute atomic E-state index is 0.0631. The molecule has 0 radical (unpaired) electrons. The van der Waals surface area contributed by atoms with Gasteiger partial charge in [-0.1, -0.05) is 52.0 Å². The lowest BCUT2D eigenvalue weighted by Gasteiger charge is -2.47. The van der Waals surface area contributed by atoms with Crippen LogP contribution in [0, 0.1) is 0 Å². The van der Waals surface area contributed by atoms with Crippen molar-refractivity contribution < 1.29 is 10.2 Å². The van der Waals surface area contributed by atoms with Gasteiger partial charge in [-0.3, -0.25) is 0 Å². The van der Waals surface area contributed by atoms with Crippen LogP contribution in [0.4, 0.5) is 0 Å². The molecule has 0 heterocycles. The second-order valence-corrected chi connectivity index (χ2v) is 6.47. The molecular weight excluding hydrogens is 272 g/mol. The normalized spacial score (nSPS) is 16.7. The molecule has 2 nitrogen and oxygen atoms in total. The fourth-order valence-electron chi connectivity index (χ4n) is 3.48. The molecule has 0 saturated carbocycles. The Bertz CT molecular complexity index is 558. The zero-order valence-corrected chi connectivity index (χ0v) is 13.9. The maximum atomic E-state index is 9.57. The van der Waals surface area contributed by atoms with Crippen molar-refractivity contribution >= 4 is 0 Å². The average molecular weight is 298 g/mol. The lowest BCUT2D eigenvalue weighted by molar-refractivity contribution is 0.234. The van der Waals surface area contributed by atoms with Gasteiger partial charge in [-0.25, -0.2) is 0 Å². The number of phenols is 2. The topological polar surface area (TPSA) is 40.5 Å². The maximum Gasteiger partial charge on any atom is 0.115 e. The molecule has 118 valence electrons. The van der Waals surface area contributed by atoms with Gasteiger partial charge in [-0.2, -0.15) is 0 Å². The molecule has 0 aliphatic carbocycles. The smallest absolute Gasteiger partial charge is 0.115 e. The summed E-state index contributed by atoms with van der Waals surface area (Å²) in [5.74, 6) is 0.593. The molecule has 0 bridgehead atoms. The van der Waals surface area contributed by atoms with E-state index in [-0.39, 0.29) is 10.8 Å². The van der Waals surface area contributed by atoms with Crippen LogP contribution in [0.2, 0.25) is 0 Å². The first-order valence-corrected chi connectivity index (χ1v) is 7.96. The Labute approximate surface area is 133 Å². The summed E-state index contributed by atoms with van der Waals surface area (Å²) in [6.45, 7) is 8.99. The van der Waals surface area contributed by atoms with E-state index >= 15 is 0 Å². The predicted octanol–water partition coefficient (Wildman–Crippen LogP) is 5.13. The van der Waals surface area contributed by atoms with Crippen molar-refractivity contribution in [1.82, 2.24) is 0 Å². The number of aromatic hydroxyl groups is 2. The summed E-state index contributed by atoms with van der Waals surface area (Å²) >= 11 is 0. The predicted molar refractivity (Wildman–Crippen MR) is 91.5 cm³/mol. The molecule has 0 spiro atoms. The van der Waals surface area contributed by atoms with Crippen molar-refractivity contribution in [3.63, 3.8) is 0 Å². The van der Waals surface area contributed by atoms with Gasteiger partial charge in [-0.15, -0.1) is 0 Å². The molecule has 0 fully saturated rings. The maximum absolute atomic E-state index is 9.57. The van der Waals surface area contributed by atoms with Crippen LogP contribution in [0.3, 0.4) is 0 Å². The Balaban J connectivity index is 2.57. The molecule has 2 heteroatoms. The van der Waals surface area contributed by atoms with Crippen molar-refractivity contribution in [3.8, 4) is 11.5 Å².